The second-order valence-corrected chi connectivity index (χ2v) is 8.42. The first kappa shape index (κ1) is 21.6. The highest BCUT2D eigenvalue weighted by atomic mass is 32.2. The molecule has 0 aromatic heterocycles. The Bertz CT molecular complexity index is 734. The Hall–Kier alpha value is -1.71. The number of halogens is 1. The van der Waals surface area contributed by atoms with E-state index in [1.807, 2.05) is 13.8 Å². The van der Waals surface area contributed by atoms with Crippen molar-refractivity contribution in [3.8, 4) is 0 Å². The van der Waals surface area contributed by atoms with Gasteiger partial charge in [-0.05, 0) is 43.5 Å². The fourth-order valence-corrected chi connectivity index (χ4v) is 4.11. The van der Waals surface area contributed by atoms with Gasteiger partial charge in [-0.15, -0.1) is 0 Å². The van der Waals surface area contributed by atoms with Gasteiger partial charge in [-0.2, -0.15) is 4.31 Å². The molecule has 0 aliphatic carbocycles. The van der Waals surface area contributed by atoms with Crippen LogP contribution in [0.15, 0.2) is 23.2 Å². The van der Waals surface area contributed by atoms with Crippen LogP contribution in [-0.2, 0) is 21.2 Å². The minimum Gasteiger partial charge on any atom is -0.379 e. The molecular formula is C18H29FN4O3S. The first-order valence-electron chi connectivity index (χ1n) is 9.25. The quantitative estimate of drug-likeness (QED) is 0.500. The fourth-order valence-electron chi connectivity index (χ4n) is 2.82. The number of aliphatic imine (C=N–C) groups is 1. The third-order valence-electron chi connectivity index (χ3n) is 4.32. The molecule has 27 heavy (non-hydrogen) atoms. The van der Waals surface area contributed by atoms with Crippen LogP contribution < -0.4 is 10.6 Å². The highest BCUT2D eigenvalue weighted by molar-refractivity contribution is 7.89. The number of aryl methyl sites for hydroxylation is 1. The van der Waals surface area contributed by atoms with E-state index in [4.69, 9.17) is 4.74 Å². The lowest BCUT2D eigenvalue weighted by molar-refractivity contribution is 0.0731. The number of nitrogens with one attached hydrogen (secondary N) is 2. The van der Waals surface area contributed by atoms with Crippen LogP contribution in [0.5, 0.6) is 0 Å². The van der Waals surface area contributed by atoms with Crippen LogP contribution in [0.3, 0.4) is 0 Å². The van der Waals surface area contributed by atoms with E-state index in [1.165, 1.54) is 16.4 Å². The van der Waals surface area contributed by atoms with Gasteiger partial charge in [-0.3, -0.25) is 4.99 Å². The van der Waals surface area contributed by atoms with Crippen molar-refractivity contribution < 1.29 is 17.5 Å². The third kappa shape index (κ3) is 7.08. The van der Waals surface area contributed by atoms with Gasteiger partial charge in [0.25, 0.3) is 0 Å². The summed E-state index contributed by atoms with van der Waals surface area (Å²) in [6.07, 6.45) is 0.725. The second-order valence-electron chi connectivity index (χ2n) is 6.34. The zero-order valence-electron chi connectivity index (χ0n) is 16.0. The first-order valence-corrected chi connectivity index (χ1v) is 10.9. The summed E-state index contributed by atoms with van der Waals surface area (Å²) in [5, 5.41) is 6.30. The summed E-state index contributed by atoms with van der Waals surface area (Å²) in [6, 6.07) is 4.76. The monoisotopic (exact) mass is 400 g/mol. The molecule has 0 bridgehead atoms. The molecule has 1 aliphatic heterocycles. The van der Waals surface area contributed by atoms with Gasteiger partial charge in [0.2, 0.25) is 10.0 Å². The van der Waals surface area contributed by atoms with Gasteiger partial charge < -0.3 is 15.4 Å². The molecular weight excluding hydrogens is 371 g/mol. The van der Waals surface area contributed by atoms with E-state index in [9.17, 15) is 12.8 Å². The highest BCUT2D eigenvalue weighted by Gasteiger charge is 2.23. The Balaban J connectivity index is 1.84. The van der Waals surface area contributed by atoms with E-state index in [0.29, 0.717) is 45.4 Å². The largest absolute Gasteiger partial charge is 0.379 e. The summed E-state index contributed by atoms with van der Waals surface area (Å²) in [5.74, 6) is 0.315. The van der Waals surface area contributed by atoms with Gasteiger partial charge in [0.05, 0.1) is 25.5 Å². The standard InChI is InChI=1S/C18H29FN4O3S/c1-3-20-18(21-7-6-16-4-5-17(19)14-15(16)2)22-8-13-27(24,25)23-9-11-26-12-10-23/h4-5,14H,3,6-13H2,1-2H3,(H2,20,21,22). The number of ether oxygens (including phenoxy) is 1. The Morgan fingerprint density at radius 2 is 2.04 bits per heavy atom. The van der Waals surface area contributed by atoms with Crippen molar-refractivity contribution in [1.82, 2.24) is 14.9 Å². The van der Waals surface area contributed by atoms with Crippen LogP contribution in [0, 0.1) is 12.7 Å². The average molecular weight is 401 g/mol. The van der Waals surface area contributed by atoms with Gasteiger partial charge in [0.1, 0.15) is 5.82 Å². The first-order chi connectivity index (χ1) is 12.9. The van der Waals surface area contributed by atoms with Crippen LogP contribution in [0.1, 0.15) is 18.1 Å². The number of hydrogen-bond acceptors (Lipinski definition) is 4. The van der Waals surface area contributed by atoms with Crippen molar-refractivity contribution in [1.29, 1.82) is 0 Å². The Morgan fingerprint density at radius 1 is 1.30 bits per heavy atom. The maximum Gasteiger partial charge on any atom is 0.216 e. The van der Waals surface area contributed by atoms with Crippen molar-refractivity contribution in [2.45, 2.75) is 20.3 Å². The zero-order chi connectivity index (χ0) is 19.7. The molecule has 1 aliphatic rings. The topological polar surface area (TPSA) is 83.0 Å². The third-order valence-corrected chi connectivity index (χ3v) is 6.17. The maximum absolute atomic E-state index is 13.2. The SMILES string of the molecule is CCNC(=NCCS(=O)(=O)N1CCOCC1)NCCc1ccc(F)cc1C. The second kappa shape index (κ2) is 10.6. The maximum atomic E-state index is 13.2. The molecule has 9 heteroatoms. The molecule has 1 fully saturated rings. The van der Waals surface area contributed by atoms with E-state index in [-0.39, 0.29) is 18.1 Å². The van der Waals surface area contributed by atoms with E-state index in [1.54, 1.807) is 6.07 Å². The molecule has 2 rings (SSSR count). The molecule has 0 radical (unpaired) electrons. The molecule has 1 aromatic carbocycles. The zero-order valence-corrected chi connectivity index (χ0v) is 16.8. The molecule has 1 saturated heterocycles. The Morgan fingerprint density at radius 3 is 2.70 bits per heavy atom. The predicted molar refractivity (Wildman–Crippen MR) is 105 cm³/mol. The Kier molecular flexibility index (Phi) is 8.46. The molecule has 0 spiro atoms. The lowest BCUT2D eigenvalue weighted by Gasteiger charge is -2.25. The molecule has 0 atom stereocenters. The fraction of sp³-hybridized carbons (Fsp3) is 0.611. The molecule has 0 saturated carbocycles. The minimum atomic E-state index is -3.31. The van der Waals surface area contributed by atoms with Gasteiger partial charge in [0.15, 0.2) is 5.96 Å². The average Bonchev–Trinajstić information content (AvgIpc) is 2.64. The van der Waals surface area contributed by atoms with Gasteiger partial charge in [0, 0.05) is 26.2 Å². The van der Waals surface area contributed by atoms with E-state index in [0.717, 1.165) is 17.5 Å². The molecule has 152 valence electrons. The van der Waals surface area contributed by atoms with Gasteiger partial charge >= 0.3 is 0 Å². The highest BCUT2D eigenvalue weighted by Crippen LogP contribution is 2.10. The van der Waals surface area contributed by atoms with Crippen LogP contribution >= 0.6 is 0 Å². The number of nitrogens with zero attached hydrogens (tertiary/aromatic N) is 2. The van der Waals surface area contributed by atoms with E-state index >= 15 is 0 Å². The van der Waals surface area contributed by atoms with Crippen LogP contribution in [0.25, 0.3) is 0 Å². The number of morpholine rings is 1. The summed E-state index contributed by atoms with van der Waals surface area (Å²) >= 11 is 0. The number of rotatable bonds is 8. The Labute approximate surface area is 161 Å². The molecule has 7 nitrogen and oxygen atoms in total. The number of guanidine groups is 1. The van der Waals surface area contributed by atoms with Gasteiger partial charge in [-0.25, -0.2) is 12.8 Å². The molecule has 0 amide bonds. The number of benzene rings is 1. The summed E-state index contributed by atoms with van der Waals surface area (Å²) in [5.41, 5.74) is 1.98. The van der Waals surface area contributed by atoms with Crippen molar-refractivity contribution in [2.24, 2.45) is 4.99 Å². The smallest absolute Gasteiger partial charge is 0.216 e. The molecule has 2 N–H and O–H groups in total. The normalized spacial score (nSPS) is 16.3. The lowest BCUT2D eigenvalue weighted by atomic mass is 10.1. The van der Waals surface area contributed by atoms with Crippen molar-refractivity contribution in [2.75, 3.05) is 51.7 Å². The minimum absolute atomic E-state index is 0.0271. The number of sulfonamides is 1. The lowest BCUT2D eigenvalue weighted by Crippen LogP contribution is -2.42. The molecule has 1 heterocycles. The predicted octanol–water partition coefficient (Wildman–Crippen LogP) is 0.894. The van der Waals surface area contributed by atoms with E-state index < -0.39 is 10.0 Å². The van der Waals surface area contributed by atoms with Crippen LogP contribution in [0.2, 0.25) is 0 Å². The van der Waals surface area contributed by atoms with Crippen molar-refractivity contribution >= 4 is 16.0 Å². The molecule has 0 unspecified atom stereocenters. The summed E-state index contributed by atoms with van der Waals surface area (Å²) < 4.78 is 44.5. The van der Waals surface area contributed by atoms with E-state index in [2.05, 4.69) is 15.6 Å². The van der Waals surface area contributed by atoms with Crippen LogP contribution in [0.4, 0.5) is 4.39 Å². The van der Waals surface area contributed by atoms with Crippen molar-refractivity contribution in [3.63, 3.8) is 0 Å². The molecule has 1 aromatic rings. The van der Waals surface area contributed by atoms with Gasteiger partial charge in [-0.1, -0.05) is 6.07 Å². The number of hydrogen-bond donors (Lipinski definition) is 2. The summed E-state index contributed by atoms with van der Waals surface area (Å²) in [7, 11) is -3.31. The summed E-state index contributed by atoms with van der Waals surface area (Å²) in [4.78, 5) is 4.36. The summed E-state index contributed by atoms with van der Waals surface area (Å²) in [6.45, 7) is 7.00. The van der Waals surface area contributed by atoms with Crippen molar-refractivity contribution in [3.05, 3.63) is 35.1 Å². The van der Waals surface area contributed by atoms with Crippen LogP contribution in [-0.4, -0.2) is 70.4 Å².